The molecular weight excluding hydrogens is 273 g/mol. The van der Waals surface area contributed by atoms with Crippen LogP contribution in [0.3, 0.4) is 0 Å². The summed E-state index contributed by atoms with van der Waals surface area (Å²) in [5.74, 6) is 0. The monoisotopic (exact) mass is 280 g/mol. The van der Waals surface area contributed by atoms with Crippen LogP contribution in [0.25, 0.3) is 0 Å². The van der Waals surface area contributed by atoms with Crippen molar-refractivity contribution in [1.29, 1.82) is 0 Å². The van der Waals surface area contributed by atoms with Crippen molar-refractivity contribution in [3.05, 3.63) is 0 Å². The molecule has 0 aliphatic carbocycles. The van der Waals surface area contributed by atoms with Crippen LogP contribution in [-0.4, -0.2) is 21.9 Å². The van der Waals surface area contributed by atoms with Crippen molar-refractivity contribution in [2.24, 2.45) is 0 Å². The fourth-order valence-electron chi connectivity index (χ4n) is 0. The van der Waals surface area contributed by atoms with E-state index < -0.39 is 0 Å². The minimum atomic E-state index is 0. The van der Waals surface area contributed by atoms with E-state index in [2.05, 4.69) is 0 Å². The van der Waals surface area contributed by atoms with Gasteiger partial charge in [-0.25, -0.2) is 0 Å². The van der Waals surface area contributed by atoms with Crippen LogP contribution in [0.2, 0.25) is 0 Å². The molecule has 0 aliphatic rings. The van der Waals surface area contributed by atoms with Gasteiger partial charge in [-0.1, -0.05) is 0 Å². The van der Waals surface area contributed by atoms with Gasteiger partial charge in [0.25, 0.3) is 0 Å². The average Bonchev–Trinajstić information content (AvgIpc) is 0. The Morgan fingerprint density at radius 1 is 0.375 bits per heavy atom. The molecule has 0 atom stereocenters. The molecule has 0 aromatic rings. The molecule has 0 bridgehead atoms. The number of rotatable bonds is 0. The SMILES string of the molecule is O.O.O.O.[Cl-].[Cl-].[Cl-].[Rh+2]. The van der Waals surface area contributed by atoms with Crippen molar-refractivity contribution in [1.82, 2.24) is 0 Å². The normalized spacial score (nSPS) is 0. The summed E-state index contributed by atoms with van der Waals surface area (Å²) in [6.07, 6.45) is 0. The van der Waals surface area contributed by atoms with Crippen LogP contribution in [0.1, 0.15) is 0 Å². The zero-order chi connectivity index (χ0) is 0. The molecule has 0 aromatic carbocycles. The van der Waals surface area contributed by atoms with E-state index in [4.69, 9.17) is 0 Å². The van der Waals surface area contributed by atoms with Gasteiger partial charge in [0.2, 0.25) is 0 Å². The molecule has 0 aromatic heterocycles. The van der Waals surface area contributed by atoms with Gasteiger partial charge < -0.3 is 59.1 Å². The maximum Gasteiger partial charge on any atom is 2.00 e. The largest absolute Gasteiger partial charge is 2.00 e. The second-order valence-corrected chi connectivity index (χ2v) is 0. The van der Waals surface area contributed by atoms with E-state index in [0.717, 1.165) is 0 Å². The van der Waals surface area contributed by atoms with Crippen LogP contribution in [0.5, 0.6) is 0 Å². The molecule has 0 aliphatic heterocycles. The van der Waals surface area contributed by atoms with Crippen molar-refractivity contribution in [3.8, 4) is 0 Å². The van der Waals surface area contributed by atoms with Crippen molar-refractivity contribution >= 4 is 0 Å². The molecule has 0 spiro atoms. The Hall–Kier alpha value is 1.33. The van der Waals surface area contributed by atoms with Crippen LogP contribution < -0.4 is 37.2 Å². The van der Waals surface area contributed by atoms with Gasteiger partial charge in [-0.15, -0.1) is 0 Å². The number of halogens is 3. The Labute approximate surface area is 78.6 Å². The maximum atomic E-state index is 0. The molecule has 0 heterocycles. The van der Waals surface area contributed by atoms with Crippen molar-refractivity contribution in [2.75, 3.05) is 0 Å². The minimum absolute atomic E-state index is 0. The number of hydrogen-bond donors (Lipinski definition) is 0. The molecule has 8 heteroatoms. The van der Waals surface area contributed by atoms with Gasteiger partial charge in [0.15, 0.2) is 0 Å². The second kappa shape index (κ2) is 252. The van der Waals surface area contributed by atoms with Crippen LogP contribution in [0.15, 0.2) is 0 Å². The second-order valence-electron chi connectivity index (χ2n) is 0. The average molecular weight is 281 g/mol. The third-order valence-corrected chi connectivity index (χ3v) is 0. The van der Waals surface area contributed by atoms with E-state index in [1.54, 1.807) is 0 Å². The first-order valence-electron chi connectivity index (χ1n) is 0. The van der Waals surface area contributed by atoms with Crippen molar-refractivity contribution < 1.29 is 78.6 Å². The first kappa shape index (κ1) is 365. The Bertz CT molecular complexity index is 11.2. The van der Waals surface area contributed by atoms with Crippen LogP contribution in [-0.2, 0) is 19.5 Å². The first-order chi connectivity index (χ1) is 0. The van der Waals surface area contributed by atoms with E-state index in [-0.39, 0.29) is 78.6 Å². The predicted molar refractivity (Wildman–Crippen MR) is 14.5 cm³/mol. The molecule has 8 N–H and O–H groups in total. The summed E-state index contributed by atoms with van der Waals surface area (Å²) in [5, 5.41) is 0. The minimum Gasteiger partial charge on any atom is -1.00 e. The summed E-state index contributed by atoms with van der Waals surface area (Å²) < 4.78 is 0. The van der Waals surface area contributed by atoms with Gasteiger partial charge in [-0.3, -0.25) is 0 Å². The summed E-state index contributed by atoms with van der Waals surface area (Å²) >= 11 is 0. The van der Waals surface area contributed by atoms with Gasteiger partial charge in [-0.05, 0) is 0 Å². The number of hydrogen-bond acceptors (Lipinski definition) is 0. The van der Waals surface area contributed by atoms with Crippen LogP contribution >= 0.6 is 0 Å². The molecule has 0 rings (SSSR count). The first-order valence-corrected chi connectivity index (χ1v) is 0. The van der Waals surface area contributed by atoms with E-state index >= 15 is 0 Å². The van der Waals surface area contributed by atoms with Crippen LogP contribution in [0, 0.1) is 0 Å². The molecule has 63 valence electrons. The molecule has 4 nitrogen and oxygen atoms in total. The zero-order valence-electron chi connectivity index (χ0n) is 3.47. The molecular formula is H8Cl3O4Rh-. The van der Waals surface area contributed by atoms with Crippen molar-refractivity contribution in [3.63, 3.8) is 0 Å². The summed E-state index contributed by atoms with van der Waals surface area (Å²) in [6, 6.07) is 0. The fraction of sp³-hybridized carbons (Fsp3) is 0. The molecule has 0 unspecified atom stereocenters. The van der Waals surface area contributed by atoms with E-state index in [0.29, 0.717) is 0 Å². The quantitative estimate of drug-likeness (QED) is 0.391. The Balaban J connectivity index is 0. The van der Waals surface area contributed by atoms with E-state index in [1.807, 2.05) is 0 Å². The van der Waals surface area contributed by atoms with E-state index in [9.17, 15) is 0 Å². The molecule has 0 fully saturated rings. The smallest absolute Gasteiger partial charge is 1.00 e. The molecule has 8 heavy (non-hydrogen) atoms. The summed E-state index contributed by atoms with van der Waals surface area (Å²) in [5.41, 5.74) is 0. The Morgan fingerprint density at radius 3 is 0.375 bits per heavy atom. The molecule has 0 saturated heterocycles. The van der Waals surface area contributed by atoms with Gasteiger partial charge >= 0.3 is 19.5 Å². The molecule has 0 saturated carbocycles. The molecule has 0 amide bonds. The standard InChI is InChI=1S/3ClH.4H2O.Rh/h3*1H;4*1H2;/q;;;;;;;+2/p-3. The van der Waals surface area contributed by atoms with Gasteiger partial charge in [0, 0.05) is 0 Å². The molecule has 1 radical (unpaired) electrons. The Kier molecular flexibility index (Phi) is 11500. The van der Waals surface area contributed by atoms with Crippen LogP contribution in [0.4, 0.5) is 0 Å². The summed E-state index contributed by atoms with van der Waals surface area (Å²) in [7, 11) is 0. The van der Waals surface area contributed by atoms with Gasteiger partial charge in [0.1, 0.15) is 0 Å². The Morgan fingerprint density at radius 2 is 0.375 bits per heavy atom. The third kappa shape index (κ3) is 165. The zero-order valence-corrected chi connectivity index (χ0v) is 7.37. The van der Waals surface area contributed by atoms with Crippen molar-refractivity contribution in [2.45, 2.75) is 0 Å². The summed E-state index contributed by atoms with van der Waals surface area (Å²) in [4.78, 5) is 0. The predicted octanol–water partition coefficient (Wildman–Crippen LogP) is -12.3. The third-order valence-electron chi connectivity index (χ3n) is 0. The summed E-state index contributed by atoms with van der Waals surface area (Å²) in [6.45, 7) is 0. The van der Waals surface area contributed by atoms with Gasteiger partial charge in [-0.2, -0.15) is 0 Å². The van der Waals surface area contributed by atoms with Gasteiger partial charge in [0.05, 0.1) is 0 Å². The fourth-order valence-corrected chi connectivity index (χ4v) is 0. The van der Waals surface area contributed by atoms with E-state index in [1.165, 1.54) is 0 Å². The maximum absolute atomic E-state index is 0. The topological polar surface area (TPSA) is 126 Å².